The van der Waals surface area contributed by atoms with E-state index in [4.69, 9.17) is 9.84 Å². The van der Waals surface area contributed by atoms with Crippen LogP contribution in [0.1, 0.15) is 32.1 Å². The summed E-state index contributed by atoms with van der Waals surface area (Å²) in [5.74, 6) is -1.08. The van der Waals surface area contributed by atoms with Crippen LogP contribution >= 0.6 is 0 Å². The molecule has 2 aliphatic rings. The van der Waals surface area contributed by atoms with E-state index in [1.165, 1.54) is 0 Å². The summed E-state index contributed by atoms with van der Waals surface area (Å²) in [6.07, 6.45) is 3.77. The first-order valence-electron chi connectivity index (χ1n) is 5.14. The van der Waals surface area contributed by atoms with Crippen molar-refractivity contribution >= 4 is 5.97 Å². The fourth-order valence-corrected chi connectivity index (χ4v) is 2.82. The van der Waals surface area contributed by atoms with Crippen LogP contribution in [0.3, 0.4) is 0 Å². The average Bonchev–Trinajstić information content (AvgIpc) is 2.60. The molecule has 2 N–H and O–H groups in total. The molecule has 0 aromatic rings. The van der Waals surface area contributed by atoms with Crippen molar-refractivity contribution in [2.75, 3.05) is 13.2 Å². The Kier molecular flexibility index (Phi) is 2.27. The van der Waals surface area contributed by atoms with E-state index >= 15 is 0 Å². The van der Waals surface area contributed by atoms with Gasteiger partial charge in [-0.05, 0) is 12.8 Å². The summed E-state index contributed by atoms with van der Waals surface area (Å²) >= 11 is 0. The summed E-state index contributed by atoms with van der Waals surface area (Å²) in [5.41, 5.74) is -2.07. The maximum absolute atomic E-state index is 11.1. The van der Waals surface area contributed by atoms with Gasteiger partial charge in [0.2, 0.25) is 0 Å². The molecule has 80 valence electrons. The van der Waals surface area contributed by atoms with Gasteiger partial charge in [-0.3, -0.25) is 0 Å². The van der Waals surface area contributed by atoms with Gasteiger partial charge in [0, 0.05) is 18.4 Å². The van der Waals surface area contributed by atoms with Crippen LogP contribution in [0.2, 0.25) is 0 Å². The minimum absolute atomic E-state index is 0.225. The SMILES string of the molecule is O=C(O)C1(O)CCOCC12CCCC2. The van der Waals surface area contributed by atoms with Crippen LogP contribution < -0.4 is 0 Å². The second-order valence-corrected chi connectivity index (χ2v) is 4.46. The number of carbonyl (C=O) groups is 1. The van der Waals surface area contributed by atoms with Gasteiger partial charge in [0.05, 0.1) is 6.61 Å². The number of ether oxygens (including phenoxy) is 1. The zero-order valence-electron chi connectivity index (χ0n) is 8.16. The quantitative estimate of drug-likeness (QED) is 0.656. The Morgan fingerprint density at radius 1 is 1.21 bits per heavy atom. The molecule has 1 aliphatic heterocycles. The van der Waals surface area contributed by atoms with Gasteiger partial charge in [0.25, 0.3) is 0 Å². The van der Waals surface area contributed by atoms with Crippen molar-refractivity contribution in [1.29, 1.82) is 0 Å². The minimum Gasteiger partial charge on any atom is -0.479 e. The average molecular weight is 200 g/mol. The van der Waals surface area contributed by atoms with E-state index in [9.17, 15) is 9.90 Å². The first kappa shape index (κ1) is 9.93. The van der Waals surface area contributed by atoms with Crippen molar-refractivity contribution in [2.45, 2.75) is 37.7 Å². The standard InChI is InChI=1S/C10H16O4/c11-8(12)10(13)5-6-14-7-9(10)3-1-2-4-9/h13H,1-7H2,(H,11,12). The molecular formula is C10H16O4. The van der Waals surface area contributed by atoms with Crippen LogP contribution in [0.5, 0.6) is 0 Å². The zero-order valence-corrected chi connectivity index (χ0v) is 8.16. The van der Waals surface area contributed by atoms with Crippen LogP contribution in [-0.2, 0) is 9.53 Å². The topological polar surface area (TPSA) is 66.8 Å². The van der Waals surface area contributed by atoms with Crippen molar-refractivity contribution in [3.8, 4) is 0 Å². The lowest BCUT2D eigenvalue weighted by Crippen LogP contribution is -2.58. The van der Waals surface area contributed by atoms with E-state index in [0.29, 0.717) is 13.2 Å². The van der Waals surface area contributed by atoms with Gasteiger partial charge in [-0.1, -0.05) is 12.8 Å². The summed E-state index contributed by atoms with van der Waals surface area (Å²) < 4.78 is 5.33. The summed E-state index contributed by atoms with van der Waals surface area (Å²) in [4.78, 5) is 11.1. The Morgan fingerprint density at radius 2 is 1.86 bits per heavy atom. The second-order valence-electron chi connectivity index (χ2n) is 4.46. The highest BCUT2D eigenvalue weighted by molar-refractivity contribution is 5.78. The van der Waals surface area contributed by atoms with Gasteiger partial charge in [0.1, 0.15) is 0 Å². The highest BCUT2D eigenvalue weighted by atomic mass is 16.5. The zero-order chi connectivity index (χ0) is 10.2. The molecular weight excluding hydrogens is 184 g/mol. The second kappa shape index (κ2) is 3.21. The van der Waals surface area contributed by atoms with E-state index in [1.807, 2.05) is 0 Å². The molecule has 4 nitrogen and oxygen atoms in total. The molecule has 0 bridgehead atoms. The minimum atomic E-state index is -1.55. The van der Waals surface area contributed by atoms with Crippen molar-refractivity contribution in [3.63, 3.8) is 0 Å². The highest BCUT2D eigenvalue weighted by Crippen LogP contribution is 2.50. The first-order chi connectivity index (χ1) is 6.61. The monoisotopic (exact) mass is 200 g/mol. The molecule has 0 amide bonds. The molecule has 1 spiro atoms. The van der Waals surface area contributed by atoms with Crippen molar-refractivity contribution in [1.82, 2.24) is 0 Å². The Labute approximate surface area is 82.9 Å². The number of aliphatic hydroxyl groups is 1. The lowest BCUT2D eigenvalue weighted by molar-refractivity contribution is -0.201. The molecule has 2 fully saturated rings. The predicted octanol–water partition coefficient (Wildman–Crippen LogP) is 0.783. The van der Waals surface area contributed by atoms with E-state index < -0.39 is 17.0 Å². The summed E-state index contributed by atoms with van der Waals surface area (Å²) in [7, 11) is 0. The van der Waals surface area contributed by atoms with Gasteiger partial charge in [0.15, 0.2) is 5.60 Å². The van der Waals surface area contributed by atoms with E-state index in [-0.39, 0.29) is 6.42 Å². The molecule has 1 aliphatic carbocycles. The predicted molar refractivity (Wildman–Crippen MR) is 48.9 cm³/mol. The number of carboxylic acids is 1. The molecule has 14 heavy (non-hydrogen) atoms. The summed E-state index contributed by atoms with van der Waals surface area (Å²) in [6.45, 7) is 0.750. The van der Waals surface area contributed by atoms with Crippen LogP contribution in [0.15, 0.2) is 0 Å². The number of hydrogen-bond donors (Lipinski definition) is 2. The lowest BCUT2D eigenvalue weighted by atomic mass is 9.68. The number of hydrogen-bond acceptors (Lipinski definition) is 3. The third-order valence-corrected chi connectivity index (χ3v) is 3.78. The van der Waals surface area contributed by atoms with Gasteiger partial charge < -0.3 is 14.9 Å². The van der Waals surface area contributed by atoms with Gasteiger partial charge in [-0.15, -0.1) is 0 Å². The van der Waals surface area contributed by atoms with Crippen molar-refractivity contribution in [3.05, 3.63) is 0 Å². The molecule has 0 aromatic heterocycles. The van der Waals surface area contributed by atoms with Gasteiger partial charge in [-0.25, -0.2) is 4.79 Å². The summed E-state index contributed by atoms with van der Waals surface area (Å²) in [5, 5.41) is 19.3. The molecule has 0 aromatic carbocycles. The molecule has 2 rings (SSSR count). The van der Waals surface area contributed by atoms with Crippen molar-refractivity contribution < 1.29 is 19.7 Å². The van der Waals surface area contributed by atoms with Crippen LogP contribution in [-0.4, -0.2) is 35.0 Å². The number of aliphatic carboxylic acids is 1. The normalized spacial score (nSPS) is 36.1. The highest BCUT2D eigenvalue weighted by Gasteiger charge is 2.58. The maximum atomic E-state index is 11.1. The molecule has 4 heteroatoms. The third kappa shape index (κ3) is 1.17. The molecule has 1 atom stereocenters. The van der Waals surface area contributed by atoms with Crippen LogP contribution in [0.4, 0.5) is 0 Å². The smallest absolute Gasteiger partial charge is 0.336 e. The Hall–Kier alpha value is -0.610. The van der Waals surface area contributed by atoms with E-state index in [2.05, 4.69) is 0 Å². The lowest BCUT2D eigenvalue weighted by Gasteiger charge is -2.45. The van der Waals surface area contributed by atoms with E-state index in [1.54, 1.807) is 0 Å². The molecule has 1 saturated carbocycles. The number of rotatable bonds is 1. The number of carboxylic acid groups (broad SMARTS) is 1. The fraction of sp³-hybridized carbons (Fsp3) is 0.900. The van der Waals surface area contributed by atoms with Crippen LogP contribution in [0.25, 0.3) is 0 Å². The van der Waals surface area contributed by atoms with Crippen molar-refractivity contribution in [2.24, 2.45) is 5.41 Å². The summed E-state index contributed by atoms with van der Waals surface area (Å²) in [6, 6.07) is 0. The Morgan fingerprint density at radius 3 is 2.43 bits per heavy atom. The van der Waals surface area contributed by atoms with Gasteiger partial charge in [-0.2, -0.15) is 0 Å². The maximum Gasteiger partial charge on any atom is 0.336 e. The Balaban J connectivity index is 2.31. The first-order valence-corrected chi connectivity index (χ1v) is 5.14. The fourth-order valence-electron chi connectivity index (χ4n) is 2.82. The molecule has 1 unspecified atom stereocenters. The van der Waals surface area contributed by atoms with Gasteiger partial charge >= 0.3 is 5.97 Å². The van der Waals surface area contributed by atoms with E-state index in [0.717, 1.165) is 25.7 Å². The molecule has 1 heterocycles. The molecule has 1 saturated heterocycles. The third-order valence-electron chi connectivity index (χ3n) is 3.78. The molecule has 0 radical (unpaired) electrons. The van der Waals surface area contributed by atoms with Crippen LogP contribution in [0, 0.1) is 5.41 Å². The Bertz CT molecular complexity index is 245. The largest absolute Gasteiger partial charge is 0.479 e.